The van der Waals surface area contributed by atoms with E-state index in [1.165, 1.54) is 36.4 Å². The van der Waals surface area contributed by atoms with Gasteiger partial charge in [0, 0.05) is 17.3 Å². The lowest BCUT2D eigenvalue weighted by Crippen LogP contribution is -2.15. The maximum atomic E-state index is 12.6. The summed E-state index contributed by atoms with van der Waals surface area (Å²) in [6, 6.07) is 14.4. The topological polar surface area (TPSA) is 145 Å². The lowest BCUT2D eigenvalue weighted by molar-refractivity contribution is -0.380. The second kappa shape index (κ2) is 9.58. The molecule has 3 rings (SSSR count). The van der Waals surface area contributed by atoms with Gasteiger partial charge in [-0.05, 0) is 54.7 Å². The average molecular weight is 476 g/mol. The van der Waals surface area contributed by atoms with Crippen LogP contribution in [0.15, 0.2) is 65.6 Å². The van der Waals surface area contributed by atoms with E-state index in [1.807, 2.05) is 0 Å². The number of anilines is 2. The van der Waals surface area contributed by atoms with Crippen molar-refractivity contribution in [3.8, 4) is 0 Å². The van der Waals surface area contributed by atoms with Crippen molar-refractivity contribution in [2.45, 2.75) is 11.8 Å². The molecule has 0 fully saturated rings. The van der Waals surface area contributed by atoms with E-state index in [9.17, 15) is 28.1 Å². The van der Waals surface area contributed by atoms with Crippen LogP contribution in [0.3, 0.4) is 0 Å². The quantitative estimate of drug-likeness (QED) is 0.286. The number of carbonyl (C=O) groups excluding carboxylic acids is 2. The van der Waals surface area contributed by atoms with Gasteiger partial charge in [-0.3, -0.25) is 19.6 Å². The average Bonchev–Trinajstić information content (AvgIpc) is 3.19. The standard InChI is InChI=1S/C20H17N3O7S2/c1-2-30-20(25)16-12-17(23(26)27)31-19(16)21-18(24)13-8-10-14(11-9-13)22-32(28,29)15-6-4-3-5-7-15/h3-12,22H,2H2,1H3,(H,21,24). The predicted octanol–water partition coefficient (Wildman–Crippen LogP) is 3.89. The van der Waals surface area contributed by atoms with Crippen LogP contribution >= 0.6 is 11.3 Å². The van der Waals surface area contributed by atoms with E-state index in [2.05, 4.69) is 10.0 Å². The van der Waals surface area contributed by atoms with Gasteiger partial charge < -0.3 is 10.1 Å². The summed E-state index contributed by atoms with van der Waals surface area (Å²) in [6.45, 7) is 1.65. The number of ether oxygens (including phenoxy) is 1. The fourth-order valence-electron chi connectivity index (χ4n) is 2.60. The minimum atomic E-state index is -3.79. The van der Waals surface area contributed by atoms with Crippen LogP contribution in [-0.4, -0.2) is 31.8 Å². The first-order chi connectivity index (χ1) is 15.2. The third-order valence-corrected chi connectivity index (χ3v) is 6.47. The Balaban J connectivity index is 1.77. The van der Waals surface area contributed by atoms with Crippen molar-refractivity contribution in [1.29, 1.82) is 0 Å². The molecular weight excluding hydrogens is 458 g/mol. The number of thiophene rings is 1. The van der Waals surface area contributed by atoms with Crippen molar-refractivity contribution >= 4 is 48.9 Å². The van der Waals surface area contributed by atoms with E-state index >= 15 is 0 Å². The van der Waals surface area contributed by atoms with Crippen molar-refractivity contribution < 1.29 is 27.7 Å². The molecule has 2 N–H and O–H groups in total. The van der Waals surface area contributed by atoms with Crippen molar-refractivity contribution in [2.24, 2.45) is 0 Å². The molecule has 0 aliphatic heterocycles. The highest BCUT2D eigenvalue weighted by atomic mass is 32.2. The maximum Gasteiger partial charge on any atom is 0.341 e. The zero-order valence-corrected chi connectivity index (χ0v) is 18.2. The summed E-state index contributed by atoms with van der Waals surface area (Å²) in [5.41, 5.74) is 0.270. The van der Waals surface area contributed by atoms with Gasteiger partial charge in [-0.2, -0.15) is 0 Å². The molecule has 0 spiro atoms. The fraction of sp³-hybridized carbons (Fsp3) is 0.100. The third-order valence-electron chi connectivity index (χ3n) is 4.07. The Morgan fingerprint density at radius 1 is 1.09 bits per heavy atom. The van der Waals surface area contributed by atoms with Crippen molar-refractivity contribution in [2.75, 3.05) is 16.6 Å². The van der Waals surface area contributed by atoms with Gasteiger partial charge in [-0.15, -0.1) is 0 Å². The SMILES string of the molecule is CCOC(=O)c1cc([N+](=O)[O-])sc1NC(=O)c1ccc(NS(=O)(=O)c2ccccc2)cc1. The van der Waals surface area contributed by atoms with Crippen LogP contribution in [0.1, 0.15) is 27.6 Å². The number of esters is 1. The number of sulfonamides is 1. The van der Waals surface area contributed by atoms with E-state index in [-0.39, 0.29) is 38.3 Å². The number of rotatable bonds is 8. The largest absolute Gasteiger partial charge is 0.462 e. The van der Waals surface area contributed by atoms with Crippen LogP contribution in [0.4, 0.5) is 15.7 Å². The zero-order chi connectivity index (χ0) is 23.3. The van der Waals surface area contributed by atoms with E-state index in [1.54, 1.807) is 25.1 Å². The first kappa shape index (κ1) is 22.9. The van der Waals surface area contributed by atoms with Crippen molar-refractivity contribution in [3.05, 3.63) is 81.9 Å². The molecule has 0 aliphatic rings. The maximum absolute atomic E-state index is 12.6. The van der Waals surface area contributed by atoms with Crippen molar-refractivity contribution in [3.63, 3.8) is 0 Å². The van der Waals surface area contributed by atoms with E-state index in [4.69, 9.17) is 4.74 Å². The first-order valence-corrected chi connectivity index (χ1v) is 11.5. The first-order valence-electron chi connectivity index (χ1n) is 9.16. The molecule has 0 atom stereocenters. The lowest BCUT2D eigenvalue weighted by atomic mass is 10.2. The monoisotopic (exact) mass is 475 g/mol. The number of benzene rings is 2. The van der Waals surface area contributed by atoms with Crippen molar-refractivity contribution in [1.82, 2.24) is 0 Å². The van der Waals surface area contributed by atoms with Crippen LogP contribution < -0.4 is 10.0 Å². The van der Waals surface area contributed by atoms with E-state index in [0.717, 1.165) is 6.07 Å². The Hall–Kier alpha value is -3.77. The molecule has 1 amide bonds. The number of nitrogens with zero attached hydrogens (tertiary/aromatic N) is 1. The summed E-state index contributed by atoms with van der Waals surface area (Å²) >= 11 is 0.630. The smallest absolute Gasteiger partial charge is 0.341 e. The highest BCUT2D eigenvalue weighted by molar-refractivity contribution is 7.92. The molecule has 1 heterocycles. The second-order valence-electron chi connectivity index (χ2n) is 6.26. The molecule has 32 heavy (non-hydrogen) atoms. The highest BCUT2D eigenvalue weighted by Gasteiger charge is 2.24. The number of amides is 1. The van der Waals surface area contributed by atoms with Gasteiger partial charge in [0.25, 0.3) is 15.9 Å². The highest BCUT2D eigenvalue weighted by Crippen LogP contribution is 2.34. The normalized spacial score (nSPS) is 10.9. The lowest BCUT2D eigenvalue weighted by Gasteiger charge is -2.09. The van der Waals surface area contributed by atoms with Crippen LogP contribution in [-0.2, 0) is 14.8 Å². The van der Waals surface area contributed by atoms with Gasteiger partial charge in [0.15, 0.2) is 0 Å². The molecule has 0 bridgehead atoms. The molecule has 0 unspecified atom stereocenters. The van der Waals surface area contributed by atoms with Gasteiger partial charge >= 0.3 is 11.0 Å². The van der Waals surface area contributed by atoms with E-state index in [0.29, 0.717) is 11.3 Å². The fourth-order valence-corrected chi connectivity index (χ4v) is 4.54. The van der Waals surface area contributed by atoms with Gasteiger partial charge in [-0.1, -0.05) is 18.2 Å². The Morgan fingerprint density at radius 3 is 2.34 bits per heavy atom. The van der Waals surface area contributed by atoms with Gasteiger partial charge in [0.05, 0.1) is 16.4 Å². The summed E-state index contributed by atoms with van der Waals surface area (Å²) in [5, 5.41) is 13.2. The molecule has 2 aromatic carbocycles. The van der Waals surface area contributed by atoms with Gasteiger partial charge in [0.2, 0.25) is 0 Å². The van der Waals surface area contributed by atoms with Crippen LogP contribution in [0.2, 0.25) is 0 Å². The predicted molar refractivity (Wildman–Crippen MR) is 119 cm³/mol. The number of hydrogen-bond donors (Lipinski definition) is 2. The minimum Gasteiger partial charge on any atom is -0.462 e. The molecule has 0 aliphatic carbocycles. The van der Waals surface area contributed by atoms with Crippen LogP contribution in [0, 0.1) is 10.1 Å². The Kier molecular flexibility index (Phi) is 6.85. The second-order valence-corrected chi connectivity index (χ2v) is 8.97. The summed E-state index contributed by atoms with van der Waals surface area (Å²) in [4.78, 5) is 35.1. The molecule has 0 saturated heterocycles. The molecule has 10 nitrogen and oxygen atoms in total. The molecule has 1 aromatic heterocycles. The molecule has 12 heteroatoms. The van der Waals surface area contributed by atoms with Gasteiger partial charge in [-0.25, -0.2) is 13.2 Å². The molecule has 0 saturated carbocycles. The minimum absolute atomic E-state index is 0.0194. The molecule has 166 valence electrons. The summed E-state index contributed by atoms with van der Waals surface area (Å²) in [6.07, 6.45) is 0. The molecule has 0 radical (unpaired) electrons. The number of nitrogens with one attached hydrogen (secondary N) is 2. The zero-order valence-electron chi connectivity index (χ0n) is 16.6. The number of hydrogen-bond acceptors (Lipinski definition) is 8. The Bertz CT molecular complexity index is 1250. The van der Waals surface area contributed by atoms with Crippen LogP contribution in [0.25, 0.3) is 0 Å². The summed E-state index contributed by atoms with van der Waals surface area (Å²) in [5.74, 6) is -1.43. The Labute approximate surface area is 187 Å². The van der Waals surface area contributed by atoms with Gasteiger partial charge in [0.1, 0.15) is 10.6 Å². The van der Waals surface area contributed by atoms with E-state index < -0.39 is 26.8 Å². The molecular formula is C20H17N3O7S2. The number of nitro groups is 1. The summed E-state index contributed by atoms with van der Waals surface area (Å²) in [7, 11) is -3.79. The molecule has 3 aromatic rings. The Morgan fingerprint density at radius 2 is 1.75 bits per heavy atom. The third kappa shape index (κ3) is 5.28. The number of carbonyl (C=O) groups is 2. The van der Waals surface area contributed by atoms with Crippen LogP contribution in [0.5, 0.6) is 0 Å². The summed E-state index contributed by atoms with van der Waals surface area (Å²) < 4.78 is 32.1.